The third-order valence-electron chi connectivity index (χ3n) is 3.49. The van der Waals surface area contributed by atoms with Crippen LogP contribution in [0.4, 0.5) is 5.69 Å². The highest BCUT2D eigenvalue weighted by molar-refractivity contribution is 5.99. The van der Waals surface area contributed by atoms with Crippen molar-refractivity contribution in [1.82, 2.24) is 5.32 Å². The van der Waals surface area contributed by atoms with E-state index < -0.39 is 5.97 Å². The summed E-state index contributed by atoms with van der Waals surface area (Å²) in [6.45, 7) is 3.81. The summed E-state index contributed by atoms with van der Waals surface area (Å²) >= 11 is 0. The molecule has 0 aromatic heterocycles. The quantitative estimate of drug-likeness (QED) is 0.803. The minimum Gasteiger partial charge on any atom is -0.478 e. The molecule has 0 saturated heterocycles. The van der Waals surface area contributed by atoms with Crippen LogP contribution in [0.2, 0.25) is 0 Å². The first-order valence-corrected chi connectivity index (χ1v) is 7.01. The second-order valence-electron chi connectivity index (χ2n) is 4.93. The third-order valence-corrected chi connectivity index (χ3v) is 3.49. The summed E-state index contributed by atoms with van der Waals surface area (Å²) in [5.41, 5.74) is 1.83. The van der Waals surface area contributed by atoms with Crippen LogP contribution in [0, 0.1) is 0 Å². The molecule has 5 heteroatoms. The van der Waals surface area contributed by atoms with Crippen molar-refractivity contribution in [2.45, 2.75) is 26.2 Å². The topological polar surface area (TPSA) is 69.6 Å². The number of carboxylic acid groups (broad SMARTS) is 1. The Morgan fingerprint density at radius 1 is 1.40 bits per heavy atom. The van der Waals surface area contributed by atoms with E-state index in [1.165, 1.54) is 0 Å². The van der Waals surface area contributed by atoms with Crippen LogP contribution < -0.4 is 10.2 Å². The summed E-state index contributed by atoms with van der Waals surface area (Å²) in [5, 5.41) is 12.3. The zero-order chi connectivity index (χ0) is 14.5. The Bertz CT molecular complexity index is 514. The van der Waals surface area contributed by atoms with Gasteiger partial charge in [-0.25, -0.2) is 4.79 Å². The second kappa shape index (κ2) is 6.52. The first kappa shape index (κ1) is 14.5. The highest BCUT2D eigenvalue weighted by Crippen LogP contribution is 2.29. The van der Waals surface area contributed by atoms with E-state index in [4.69, 9.17) is 0 Å². The number of fused-ring (bicyclic) bond motifs is 1. The van der Waals surface area contributed by atoms with Crippen molar-refractivity contribution >= 4 is 17.6 Å². The number of anilines is 1. The van der Waals surface area contributed by atoms with E-state index in [2.05, 4.69) is 5.32 Å². The first-order valence-electron chi connectivity index (χ1n) is 7.01. The average molecular weight is 276 g/mol. The minimum atomic E-state index is -0.930. The maximum absolute atomic E-state index is 12.2. The molecule has 2 N–H and O–H groups in total. The minimum absolute atomic E-state index is 0.00180. The Kier molecular flexibility index (Phi) is 4.74. The van der Waals surface area contributed by atoms with Gasteiger partial charge in [0, 0.05) is 12.2 Å². The standard InChI is InChI=1S/C15H20N2O3/c1-2-8-16-10-14(18)17-9-4-6-11-12(15(19)20)5-3-7-13(11)17/h3,5,7,16H,2,4,6,8-10H2,1H3,(H,19,20). The molecule has 0 fully saturated rings. The smallest absolute Gasteiger partial charge is 0.336 e. The van der Waals surface area contributed by atoms with Gasteiger partial charge in [0.1, 0.15) is 0 Å². The van der Waals surface area contributed by atoms with Crippen molar-refractivity contribution < 1.29 is 14.7 Å². The zero-order valence-electron chi connectivity index (χ0n) is 11.7. The molecule has 0 bridgehead atoms. The highest BCUT2D eigenvalue weighted by atomic mass is 16.4. The molecule has 1 aromatic carbocycles. The maximum Gasteiger partial charge on any atom is 0.336 e. The van der Waals surface area contributed by atoms with E-state index in [1.807, 2.05) is 13.0 Å². The predicted molar refractivity (Wildman–Crippen MR) is 77.2 cm³/mol. The third kappa shape index (κ3) is 2.99. The van der Waals surface area contributed by atoms with Crippen molar-refractivity contribution in [2.75, 3.05) is 24.5 Å². The summed E-state index contributed by atoms with van der Waals surface area (Å²) in [6.07, 6.45) is 2.49. The molecule has 1 aliphatic rings. The van der Waals surface area contributed by atoms with E-state index in [0.29, 0.717) is 25.1 Å². The van der Waals surface area contributed by atoms with Gasteiger partial charge in [-0.15, -0.1) is 0 Å². The van der Waals surface area contributed by atoms with Gasteiger partial charge in [0.25, 0.3) is 0 Å². The monoisotopic (exact) mass is 276 g/mol. The van der Waals surface area contributed by atoms with Crippen LogP contribution in [0.15, 0.2) is 18.2 Å². The summed E-state index contributed by atoms with van der Waals surface area (Å²) in [7, 11) is 0. The highest BCUT2D eigenvalue weighted by Gasteiger charge is 2.25. The number of hydrogen-bond acceptors (Lipinski definition) is 3. The fourth-order valence-corrected chi connectivity index (χ4v) is 2.55. The number of aromatic carboxylic acids is 1. The Labute approximate surface area is 118 Å². The van der Waals surface area contributed by atoms with Gasteiger partial charge < -0.3 is 15.3 Å². The molecule has 5 nitrogen and oxygen atoms in total. The Morgan fingerprint density at radius 3 is 2.90 bits per heavy atom. The fraction of sp³-hybridized carbons (Fsp3) is 0.467. The molecule has 0 unspecified atom stereocenters. The summed E-state index contributed by atoms with van der Waals surface area (Å²) in [5.74, 6) is -0.929. The van der Waals surface area contributed by atoms with Crippen molar-refractivity contribution in [2.24, 2.45) is 0 Å². The van der Waals surface area contributed by atoms with Crippen LogP contribution in [-0.2, 0) is 11.2 Å². The molecule has 0 aliphatic carbocycles. The number of amides is 1. The number of nitrogens with zero attached hydrogens (tertiary/aromatic N) is 1. The number of rotatable bonds is 5. The first-order chi connectivity index (χ1) is 9.65. The molecule has 0 radical (unpaired) electrons. The molecule has 1 aliphatic heterocycles. The maximum atomic E-state index is 12.2. The van der Waals surface area contributed by atoms with Gasteiger partial charge in [-0.05, 0) is 43.5 Å². The zero-order valence-corrected chi connectivity index (χ0v) is 11.7. The number of benzene rings is 1. The Hall–Kier alpha value is -1.88. The van der Waals surface area contributed by atoms with Crippen molar-refractivity contribution in [3.8, 4) is 0 Å². The molecule has 20 heavy (non-hydrogen) atoms. The van der Waals surface area contributed by atoms with Crippen LogP contribution in [-0.4, -0.2) is 36.6 Å². The van der Waals surface area contributed by atoms with E-state index in [9.17, 15) is 14.7 Å². The van der Waals surface area contributed by atoms with Crippen LogP contribution in [0.25, 0.3) is 0 Å². The van der Waals surface area contributed by atoms with Gasteiger partial charge in [0.05, 0.1) is 12.1 Å². The summed E-state index contributed by atoms with van der Waals surface area (Å²) in [6, 6.07) is 5.14. The Balaban J connectivity index is 2.22. The summed E-state index contributed by atoms with van der Waals surface area (Å²) in [4.78, 5) is 25.2. The van der Waals surface area contributed by atoms with Crippen molar-refractivity contribution in [1.29, 1.82) is 0 Å². The lowest BCUT2D eigenvalue weighted by molar-refractivity contribution is -0.117. The lowest BCUT2D eigenvalue weighted by atomic mass is 9.96. The number of hydrogen-bond donors (Lipinski definition) is 2. The SMILES string of the molecule is CCCNCC(=O)N1CCCc2c(C(=O)O)cccc21. The van der Waals surface area contributed by atoms with E-state index in [-0.39, 0.29) is 5.91 Å². The molecular formula is C15H20N2O3. The van der Waals surface area contributed by atoms with Crippen molar-refractivity contribution in [3.63, 3.8) is 0 Å². The average Bonchev–Trinajstić information content (AvgIpc) is 2.46. The van der Waals surface area contributed by atoms with Gasteiger partial charge in [-0.1, -0.05) is 13.0 Å². The fourth-order valence-electron chi connectivity index (χ4n) is 2.55. The lowest BCUT2D eigenvalue weighted by Gasteiger charge is -2.30. The largest absolute Gasteiger partial charge is 0.478 e. The molecule has 0 saturated carbocycles. The molecule has 0 spiro atoms. The molecular weight excluding hydrogens is 256 g/mol. The number of carbonyl (C=O) groups excluding carboxylic acids is 1. The molecule has 0 atom stereocenters. The van der Waals surface area contributed by atoms with Gasteiger partial charge in [-0.3, -0.25) is 4.79 Å². The van der Waals surface area contributed by atoms with Gasteiger partial charge >= 0.3 is 5.97 Å². The second-order valence-corrected chi connectivity index (χ2v) is 4.93. The van der Waals surface area contributed by atoms with Crippen molar-refractivity contribution in [3.05, 3.63) is 29.3 Å². The summed E-state index contributed by atoms with van der Waals surface area (Å²) < 4.78 is 0. The number of carbonyl (C=O) groups is 2. The van der Waals surface area contributed by atoms with Crippen LogP contribution in [0.3, 0.4) is 0 Å². The lowest BCUT2D eigenvalue weighted by Crippen LogP contribution is -2.41. The number of carboxylic acids is 1. The van der Waals surface area contributed by atoms with E-state index in [1.54, 1.807) is 17.0 Å². The normalized spacial score (nSPS) is 13.9. The van der Waals surface area contributed by atoms with Gasteiger partial charge in [-0.2, -0.15) is 0 Å². The number of nitrogens with one attached hydrogen (secondary N) is 1. The van der Waals surface area contributed by atoms with Crippen LogP contribution in [0.5, 0.6) is 0 Å². The molecule has 1 heterocycles. The van der Waals surface area contributed by atoms with E-state index in [0.717, 1.165) is 30.6 Å². The van der Waals surface area contributed by atoms with Gasteiger partial charge in [0.2, 0.25) is 5.91 Å². The van der Waals surface area contributed by atoms with Gasteiger partial charge in [0.15, 0.2) is 0 Å². The van der Waals surface area contributed by atoms with Crippen LogP contribution >= 0.6 is 0 Å². The predicted octanol–water partition coefficient (Wildman–Crippen LogP) is 1.66. The van der Waals surface area contributed by atoms with E-state index >= 15 is 0 Å². The Morgan fingerprint density at radius 2 is 2.20 bits per heavy atom. The molecule has 1 aromatic rings. The molecule has 1 amide bonds. The van der Waals surface area contributed by atoms with Crippen LogP contribution in [0.1, 0.15) is 35.7 Å². The molecule has 108 valence electrons. The molecule has 2 rings (SSSR count).